The van der Waals surface area contributed by atoms with Crippen LogP contribution in [0.25, 0.3) is 0 Å². The van der Waals surface area contributed by atoms with Gasteiger partial charge in [-0.25, -0.2) is 4.79 Å². The van der Waals surface area contributed by atoms with E-state index in [4.69, 9.17) is 5.11 Å². The van der Waals surface area contributed by atoms with E-state index < -0.39 is 24.5 Å². The SMILES string of the molecule is Cl.O=C(O)CN1CC(=O)NC1=O. The van der Waals surface area contributed by atoms with Crippen molar-refractivity contribution >= 4 is 30.3 Å². The van der Waals surface area contributed by atoms with Gasteiger partial charge in [-0.05, 0) is 0 Å². The molecular formula is C5H7ClN2O4. The highest BCUT2D eigenvalue weighted by molar-refractivity contribution is 6.02. The first-order chi connectivity index (χ1) is 5.09. The summed E-state index contributed by atoms with van der Waals surface area (Å²) in [4.78, 5) is 32.1. The number of rotatable bonds is 2. The molecular weight excluding hydrogens is 188 g/mol. The lowest BCUT2D eigenvalue weighted by Gasteiger charge is -2.07. The third-order valence-electron chi connectivity index (χ3n) is 1.19. The van der Waals surface area contributed by atoms with E-state index in [1.165, 1.54) is 0 Å². The molecule has 0 saturated carbocycles. The van der Waals surface area contributed by atoms with Crippen LogP contribution in [0.5, 0.6) is 0 Å². The lowest BCUT2D eigenvalue weighted by molar-refractivity contribution is -0.137. The van der Waals surface area contributed by atoms with E-state index in [2.05, 4.69) is 0 Å². The van der Waals surface area contributed by atoms with E-state index in [1.54, 1.807) is 0 Å². The van der Waals surface area contributed by atoms with Crippen LogP contribution in [0.1, 0.15) is 0 Å². The first kappa shape index (κ1) is 10.7. The summed E-state index contributed by atoms with van der Waals surface area (Å²) in [5, 5.41) is 10.2. The number of aliphatic carboxylic acids is 1. The Balaban J connectivity index is 0.00000121. The maximum Gasteiger partial charge on any atom is 0.325 e. The lowest BCUT2D eigenvalue weighted by atomic mass is 10.5. The molecule has 0 spiro atoms. The predicted molar refractivity (Wildman–Crippen MR) is 40.0 cm³/mol. The van der Waals surface area contributed by atoms with Crippen molar-refractivity contribution in [3.63, 3.8) is 0 Å². The van der Waals surface area contributed by atoms with E-state index in [-0.39, 0.29) is 19.0 Å². The maximum atomic E-state index is 10.7. The summed E-state index contributed by atoms with van der Waals surface area (Å²) < 4.78 is 0. The third kappa shape index (κ3) is 2.39. The molecule has 1 aliphatic rings. The molecule has 0 aromatic heterocycles. The number of carboxylic acid groups (broad SMARTS) is 1. The fraction of sp³-hybridized carbons (Fsp3) is 0.400. The number of halogens is 1. The number of carboxylic acids is 1. The lowest BCUT2D eigenvalue weighted by Crippen LogP contribution is -2.32. The first-order valence-electron chi connectivity index (χ1n) is 2.90. The van der Waals surface area contributed by atoms with Crippen molar-refractivity contribution in [2.45, 2.75) is 0 Å². The minimum absolute atomic E-state index is 0. The molecule has 0 bridgehead atoms. The second-order valence-electron chi connectivity index (χ2n) is 2.10. The Morgan fingerprint density at radius 3 is 2.50 bits per heavy atom. The molecule has 1 aliphatic heterocycles. The highest BCUT2D eigenvalue weighted by Gasteiger charge is 2.27. The number of amides is 3. The number of carbonyl (C=O) groups is 3. The molecule has 2 N–H and O–H groups in total. The Morgan fingerprint density at radius 2 is 2.17 bits per heavy atom. The monoisotopic (exact) mass is 194 g/mol. The van der Waals surface area contributed by atoms with Gasteiger partial charge in [0.05, 0.1) is 0 Å². The third-order valence-corrected chi connectivity index (χ3v) is 1.19. The molecule has 0 aromatic carbocycles. The van der Waals surface area contributed by atoms with Crippen molar-refractivity contribution in [1.29, 1.82) is 0 Å². The Bertz CT molecular complexity index is 229. The molecule has 1 fully saturated rings. The average Bonchev–Trinajstić information content (AvgIpc) is 2.09. The van der Waals surface area contributed by atoms with Crippen LogP contribution in [0.2, 0.25) is 0 Å². The number of nitrogens with zero attached hydrogens (tertiary/aromatic N) is 1. The Hall–Kier alpha value is -1.30. The van der Waals surface area contributed by atoms with Gasteiger partial charge >= 0.3 is 12.0 Å². The van der Waals surface area contributed by atoms with Crippen LogP contribution in [-0.4, -0.2) is 41.0 Å². The summed E-state index contributed by atoms with van der Waals surface area (Å²) in [5.41, 5.74) is 0. The molecule has 6 nitrogen and oxygen atoms in total. The van der Waals surface area contributed by atoms with Crippen molar-refractivity contribution in [1.82, 2.24) is 10.2 Å². The van der Waals surface area contributed by atoms with Crippen LogP contribution in [0, 0.1) is 0 Å². The van der Waals surface area contributed by atoms with Crippen LogP contribution >= 0.6 is 12.4 Å². The second kappa shape index (κ2) is 3.91. The Labute approximate surface area is 73.9 Å². The normalized spacial score (nSPS) is 15.5. The van der Waals surface area contributed by atoms with Gasteiger partial charge in [0, 0.05) is 0 Å². The average molecular weight is 195 g/mol. The summed E-state index contributed by atoms with van der Waals surface area (Å²) in [5.74, 6) is -1.59. The van der Waals surface area contributed by atoms with Gasteiger partial charge in [-0.3, -0.25) is 14.9 Å². The number of carbonyl (C=O) groups excluding carboxylic acids is 2. The number of nitrogens with one attached hydrogen (secondary N) is 1. The van der Waals surface area contributed by atoms with Crippen molar-refractivity contribution in [3.05, 3.63) is 0 Å². The smallest absolute Gasteiger partial charge is 0.325 e. The van der Waals surface area contributed by atoms with Gasteiger partial charge in [-0.2, -0.15) is 0 Å². The first-order valence-corrected chi connectivity index (χ1v) is 2.90. The maximum absolute atomic E-state index is 10.7. The zero-order valence-electron chi connectivity index (χ0n) is 5.94. The molecule has 0 aromatic rings. The van der Waals surface area contributed by atoms with Crippen LogP contribution in [-0.2, 0) is 9.59 Å². The Kier molecular flexibility index (Phi) is 3.49. The summed E-state index contributed by atoms with van der Waals surface area (Å²) in [6.45, 7) is -0.595. The highest BCUT2D eigenvalue weighted by Crippen LogP contribution is 1.96. The summed E-state index contributed by atoms with van der Waals surface area (Å²) in [6, 6.07) is -0.641. The van der Waals surface area contributed by atoms with Crippen molar-refractivity contribution in [3.8, 4) is 0 Å². The molecule has 0 atom stereocenters. The number of hydrogen-bond donors (Lipinski definition) is 2. The zero-order valence-corrected chi connectivity index (χ0v) is 6.76. The molecule has 12 heavy (non-hydrogen) atoms. The fourth-order valence-electron chi connectivity index (χ4n) is 0.774. The Morgan fingerprint density at radius 1 is 1.58 bits per heavy atom. The summed E-state index contributed by atoms with van der Waals surface area (Å²) in [7, 11) is 0. The molecule has 7 heteroatoms. The largest absolute Gasteiger partial charge is 0.480 e. The van der Waals surface area contributed by atoms with Gasteiger partial charge in [-0.15, -0.1) is 12.4 Å². The molecule has 0 aliphatic carbocycles. The van der Waals surface area contributed by atoms with Crippen molar-refractivity contribution < 1.29 is 19.5 Å². The van der Waals surface area contributed by atoms with Gasteiger partial charge in [0.25, 0.3) is 0 Å². The van der Waals surface area contributed by atoms with Crippen LogP contribution in [0.4, 0.5) is 4.79 Å². The van der Waals surface area contributed by atoms with Gasteiger partial charge in [0.2, 0.25) is 5.91 Å². The number of hydrogen-bond acceptors (Lipinski definition) is 3. The quantitative estimate of drug-likeness (QED) is 0.555. The summed E-state index contributed by atoms with van der Waals surface area (Å²) >= 11 is 0. The van der Waals surface area contributed by atoms with E-state index in [0.717, 1.165) is 4.90 Å². The number of urea groups is 1. The molecule has 0 unspecified atom stereocenters. The van der Waals surface area contributed by atoms with Gasteiger partial charge < -0.3 is 10.0 Å². The molecule has 1 saturated heterocycles. The minimum Gasteiger partial charge on any atom is -0.480 e. The molecule has 1 rings (SSSR count). The minimum atomic E-state index is -1.13. The topological polar surface area (TPSA) is 86.7 Å². The van der Waals surface area contributed by atoms with Gasteiger partial charge in [0.1, 0.15) is 13.1 Å². The van der Waals surface area contributed by atoms with Crippen LogP contribution in [0.3, 0.4) is 0 Å². The van der Waals surface area contributed by atoms with Crippen molar-refractivity contribution in [2.24, 2.45) is 0 Å². The highest BCUT2D eigenvalue weighted by atomic mass is 35.5. The predicted octanol–water partition coefficient (Wildman–Crippen LogP) is -0.955. The summed E-state index contributed by atoms with van der Waals surface area (Å²) in [6.07, 6.45) is 0. The van der Waals surface area contributed by atoms with E-state index in [0.29, 0.717) is 0 Å². The number of imide groups is 1. The zero-order chi connectivity index (χ0) is 8.43. The molecule has 3 amide bonds. The second-order valence-corrected chi connectivity index (χ2v) is 2.10. The molecule has 68 valence electrons. The fourth-order valence-corrected chi connectivity index (χ4v) is 0.774. The van der Waals surface area contributed by atoms with Crippen molar-refractivity contribution in [2.75, 3.05) is 13.1 Å². The van der Waals surface area contributed by atoms with E-state index >= 15 is 0 Å². The van der Waals surface area contributed by atoms with Crippen LogP contribution < -0.4 is 5.32 Å². The van der Waals surface area contributed by atoms with E-state index in [9.17, 15) is 14.4 Å². The van der Waals surface area contributed by atoms with Gasteiger partial charge in [0.15, 0.2) is 0 Å². The standard InChI is InChI=1S/C5H6N2O4.ClH/c8-3-1-7(2-4(9)10)5(11)6-3;/h1-2H2,(H,9,10)(H,6,8,11);1H. The van der Waals surface area contributed by atoms with E-state index in [1.807, 2.05) is 5.32 Å². The molecule has 1 heterocycles. The van der Waals surface area contributed by atoms with Crippen LogP contribution in [0.15, 0.2) is 0 Å². The molecule has 0 radical (unpaired) electrons. The van der Waals surface area contributed by atoms with Gasteiger partial charge in [-0.1, -0.05) is 0 Å².